The zero-order valence-electron chi connectivity index (χ0n) is 13.4. The fourth-order valence-electron chi connectivity index (χ4n) is 2.90. The number of aliphatic carboxylic acids is 1. The Morgan fingerprint density at radius 3 is 2.33 bits per heavy atom. The molecule has 1 heterocycles. The Kier molecular flexibility index (Phi) is 6.62. The number of carboxylic acid groups (broad SMARTS) is 1. The Hall–Kier alpha value is -0.660. The predicted octanol–water partition coefficient (Wildman–Crippen LogP) is 1.55. The van der Waals surface area contributed by atoms with Crippen molar-refractivity contribution < 1.29 is 18.3 Å². The molecule has 6 nitrogen and oxygen atoms in total. The van der Waals surface area contributed by atoms with E-state index >= 15 is 0 Å². The lowest BCUT2D eigenvalue weighted by molar-refractivity contribution is -0.142. The van der Waals surface area contributed by atoms with Crippen LogP contribution in [0.25, 0.3) is 0 Å². The van der Waals surface area contributed by atoms with Crippen LogP contribution in [-0.4, -0.2) is 43.4 Å². The second-order valence-corrected chi connectivity index (χ2v) is 8.30. The summed E-state index contributed by atoms with van der Waals surface area (Å²) >= 11 is 0. The van der Waals surface area contributed by atoms with Crippen LogP contribution in [0.2, 0.25) is 0 Å². The van der Waals surface area contributed by atoms with Gasteiger partial charge in [0.25, 0.3) is 10.2 Å². The highest BCUT2D eigenvalue weighted by Crippen LogP contribution is 2.21. The van der Waals surface area contributed by atoms with Gasteiger partial charge in [-0.05, 0) is 30.6 Å². The van der Waals surface area contributed by atoms with Crippen LogP contribution >= 0.6 is 0 Å². The van der Waals surface area contributed by atoms with Gasteiger partial charge in [0.1, 0.15) is 0 Å². The molecule has 1 saturated heterocycles. The molecule has 0 spiro atoms. The zero-order chi connectivity index (χ0) is 16.2. The van der Waals surface area contributed by atoms with E-state index in [0.29, 0.717) is 37.8 Å². The Balaban J connectivity index is 2.66. The summed E-state index contributed by atoms with van der Waals surface area (Å²) in [6.07, 6.45) is 1.14. The van der Waals surface area contributed by atoms with E-state index in [1.165, 1.54) is 4.31 Å². The first-order valence-corrected chi connectivity index (χ1v) is 9.06. The van der Waals surface area contributed by atoms with Gasteiger partial charge in [0, 0.05) is 19.6 Å². The van der Waals surface area contributed by atoms with E-state index in [1.807, 2.05) is 0 Å². The van der Waals surface area contributed by atoms with Crippen LogP contribution in [0, 0.1) is 23.7 Å². The lowest BCUT2D eigenvalue weighted by Crippen LogP contribution is -2.48. The summed E-state index contributed by atoms with van der Waals surface area (Å²) in [5.74, 6) is -0.472. The molecule has 1 unspecified atom stereocenters. The van der Waals surface area contributed by atoms with Crippen LogP contribution in [0.4, 0.5) is 0 Å². The molecule has 7 heteroatoms. The average Bonchev–Trinajstić information content (AvgIpc) is 2.38. The summed E-state index contributed by atoms with van der Waals surface area (Å²) in [6, 6.07) is 0. The molecule has 1 aliphatic rings. The number of nitrogens with zero attached hydrogens (tertiary/aromatic N) is 1. The normalized spacial score (nSPS) is 21.4. The Morgan fingerprint density at radius 1 is 1.29 bits per heavy atom. The smallest absolute Gasteiger partial charge is 0.307 e. The molecule has 0 aliphatic carbocycles. The Bertz CT molecular complexity index is 440. The van der Waals surface area contributed by atoms with Gasteiger partial charge in [0.05, 0.1) is 5.92 Å². The molecule has 0 bridgehead atoms. The van der Waals surface area contributed by atoms with Crippen molar-refractivity contribution in [2.45, 2.75) is 40.5 Å². The molecule has 0 aromatic heterocycles. The quantitative estimate of drug-likeness (QED) is 0.745. The molecule has 1 fully saturated rings. The Labute approximate surface area is 128 Å². The number of piperidine rings is 1. The summed E-state index contributed by atoms with van der Waals surface area (Å²) in [6.45, 7) is 9.19. The summed E-state index contributed by atoms with van der Waals surface area (Å²) in [5.41, 5.74) is 0. The third kappa shape index (κ3) is 5.23. The first kappa shape index (κ1) is 18.4. The molecule has 0 aromatic carbocycles. The Morgan fingerprint density at radius 2 is 1.86 bits per heavy atom. The molecule has 21 heavy (non-hydrogen) atoms. The van der Waals surface area contributed by atoms with Gasteiger partial charge >= 0.3 is 5.97 Å². The lowest BCUT2D eigenvalue weighted by atomic mass is 9.86. The highest BCUT2D eigenvalue weighted by atomic mass is 32.2. The van der Waals surface area contributed by atoms with Crippen molar-refractivity contribution in [2.24, 2.45) is 23.7 Å². The van der Waals surface area contributed by atoms with Crippen molar-refractivity contribution in [1.82, 2.24) is 9.03 Å². The van der Waals surface area contributed by atoms with E-state index in [2.05, 4.69) is 32.4 Å². The van der Waals surface area contributed by atoms with E-state index in [9.17, 15) is 13.2 Å². The molecule has 1 aliphatic heterocycles. The van der Waals surface area contributed by atoms with Crippen LogP contribution < -0.4 is 4.72 Å². The number of hydrogen-bond acceptors (Lipinski definition) is 3. The van der Waals surface area contributed by atoms with Gasteiger partial charge in [0.15, 0.2) is 0 Å². The molecular weight excluding hydrogens is 292 g/mol. The van der Waals surface area contributed by atoms with Crippen LogP contribution in [0.1, 0.15) is 40.5 Å². The van der Waals surface area contributed by atoms with Crippen molar-refractivity contribution in [3.63, 3.8) is 0 Å². The maximum atomic E-state index is 12.3. The summed E-state index contributed by atoms with van der Waals surface area (Å²) < 4.78 is 28.6. The van der Waals surface area contributed by atoms with E-state index in [4.69, 9.17) is 5.11 Å². The fraction of sp³-hybridized carbons (Fsp3) is 0.929. The zero-order valence-corrected chi connectivity index (χ0v) is 14.2. The van der Waals surface area contributed by atoms with Crippen LogP contribution in [-0.2, 0) is 15.0 Å². The maximum Gasteiger partial charge on any atom is 0.307 e. The minimum absolute atomic E-state index is 0.0681. The van der Waals surface area contributed by atoms with Gasteiger partial charge in [-0.1, -0.05) is 27.7 Å². The standard InChI is InChI=1S/C14H28N2O4S/c1-10(2)13(11(3)4)8-15-21(19,20)16-7-5-6-12(9-16)14(17)18/h10-13,15H,5-9H2,1-4H3,(H,17,18). The van der Waals surface area contributed by atoms with Crippen molar-refractivity contribution in [1.29, 1.82) is 0 Å². The molecule has 2 N–H and O–H groups in total. The van der Waals surface area contributed by atoms with Crippen LogP contribution in [0.3, 0.4) is 0 Å². The molecule has 1 atom stereocenters. The van der Waals surface area contributed by atoms with Gasteiger partial charge in [0.2, 0.25) is 0 Å². The van der Waals surface area contributed by atoms with E-state index in [1.54, 1.807) is 0 Å². The first-order chi connectivity index (χ1) is 9.65. The molecule has 124 valence electrons. The number of hydrogen-bond donors (Lipinski definition) is 2. The highest BCUT2D eigenvalue weighted by Gasteiger charge is 2.32. The predicted molar refractivity (Wildman–Crippen MR) is 82.0 cm³/mol. The SMILES string of the molecule is CC(C)C(CNS(=O)(=O)N1CCCC(C(=O)O)C1)C(C)C. The van der Waals surface area contributed by atoms with Crippen molar-refractivity contribution >= 4 is 16.2 Å². The van der Waals surface area contributed by atoms with Crippen molar-refractivity contribution in [3.8, 4) is 0 Å². The fourth-order valence-corrected chi connectivity index (χ4v) is 4.23. The van der Waals surface area contributed by atoms with Gasteiger partial charge in [-0.15, -0.1) is 0 Å². The largest absolute Gasteiger partial charge is 0.481 e. The topological polar surface area (TPSA) is 86.7 Å². The summed E-state index contributed by atoms with van der Waals surface area (Å²) in [4.78, 5) is 11.0. The minimum Gasteiger partial charge on any atom is -0.481 e. The number of rotatable bonds is 7. The molecular formula is C14H28N2O4S. The van der Waals surface area contributed by atoms with Crippen molar-refractivity contribution in [2.75, 3.05) is 19.6 Å². The lowest BCUT2D eigenvalue weighted by Gasteiger charge is -2.31. The van der Waals surface area contributed by atoms with E-state index < -0.39 is 22.1 Å². The highest BCUT2D eigenvalue weighted by molar-refractivity contribution is 7.87. The average molecular weight is 320 g/mol. The second kappa shape index (κ2) is 7.56. The molecule has 0 aromatic rings. The monoisotopic (exact) mass is 320 g/mol. The van der Waals surface area contributed by atoms with Gasteiger partial charge < -0.3 is 5.11 Å². The summed E-state index contributed by atoms with van der Waals surface area (Å²) in [5, 5.41) is 9.04. The minimum atomic E-state index is -3.59. The molecule has 1 rings (SSSR count). The van der Waals surface area contributed by atoms with E-state index in [0.717, 1.165) is 0 Å². The van der Waals surface area contributed by atoms with Gasteiger partial charge in [-0.25, -0.2) is 4.72 Å². The number of carboxylic acids is 1. The third-order valence-corrected chi connectivity index (χ3v) is 5.83. The number of nitrogens with one attached hydrogen (secondary N) is 1. The van der Waals surface area contributed by atoms with E-state index in [-0.39, 0.29) is 12.5 Å². The maximum absolute atomic E-state index is 12.3. The van der Waals surface area contributed by atoms with Crippen LogP contribution in [0.15, 0.2) is 0 Å². The van der Waals surface area contributed by atoms with Gasteiger partial charge in [-0.2, -0.15) is 12.7 Å². The third-order valence-electron chi connectivity index (χ3n) is 4.29. The summed E-state index contributed by atoms with van der Waals surface area (Å²) in [7, 11) is -3.59. The second-order valence-electron chi connectivity index (χ2n) is 6.54. The molecule has 0 saturated carbocycles. The van der Waals surface area contributed by atoms with Crippen molar-refractivity contribution in [3.05, 3.63) is 0 Å². The first-order valence-electron chi connectivity index (χ1n) is 7.62. The van der Waals surface area contributed by atoms with Gasteiger partial charge in [-0.3, -0.25) is 4.79 Å². The van der Waals surface area contributed by atoms with Crippen LogP contribution in [0.5, 0.6) is 0 Å². The number of carbonyl (C=O) groups is 1. The molecule has 0 radical (unpaired) electrons. The molecule has 0 amide bonds.